The number of amides is 1. The number of nitrogens with zero attached hydrogens (tertiary/aromatic N) is 1. The van der Waals surface area contributed by atoms with Gasteiger partial charge >= 0.3 is 0 Å². The Morgan fingerprint density at radius 1 is 1.30 bits per heavy atom. The quantitative estimate of drug-likeness (QED) is 0.914. The first-order valence-electron chi connectivity index (χ1n) is 7.83. The number of rotatable bonds is 4. The van der Waals surface area contributed by atoms with Gasteiger partial charge in [0.1, 0.15) is 5.82 Å². The molecular formula is C16H20ClFN2O3. The summed E-state index contributed by atoms with van der Waals surface area (Å²) in [5.74, 6) is -0.815. The lowest BCUT2D eigenvalue weighted by Crippen LogP contribution is -2.47. The molecule has 1 amide bonds. The van der Waals surface area contributed by atoms with E-state index in [1.54, 1.807) is 6.07 Å². The maximum absolute atomic E-state index is 13.1. The lowest BCUT2D eigenvalue weighted by atomic mass is 10.0. The third-order valence-electron chi connectivity index (χ3n) is 4.28. The number of nitrogens with one attached hydrogen (secondary N) is 1. The zero-order chi connectivity index (χ0) is 16.3. The molecule has 1 N–H and O–H groups in total. The number of ether oxygens (including phenoxy) is 2. The van der Waals surface area contributed by atoms with Gasteiger partial charge in [0, 0.05) is 44.6 Å². The van der Waals surface area contributed by atoms with E-state index >= 15 is 0 Å². The summed E-state index contributed by atoms with van der Waals surface area (Å²) in [5.41, 5.74) is 0.703. The number of likely N-dealkylation sites (tertiary alicyclic amines) is 1. The van der Waals surface area contributed by atoms with Crippen LogP contribution in [-0.2, 0) is 14.3 Å². The van der Waals surface area contributed by atoms with Crippen molar-refractivity contribution >= 4 is 23.2 Å². The highest BCUT2D eigenvalue weighted by atomic mass is 35.5. The molecule has 0 radical (unpaired) electrons. The van der Waals surface area contributed by atoms with Gasteiger partial charge in [-0.3, -0.25) is 4.79 Å². The van der Waals surface area contributed by atoms with E-state index in [-0.39, 0.29) is 10.9 Å². The van der Waals surface area contributed by atoms with Crippen LogP contribution in [0.1, 0.15) is 19.3 Å². The van der Waals surface area contributed by atoms with Crippen molar-refractivity contribution in [2.24, 2.45) is 0 Å². The van der Waals surface area contributed by atoms with Gasteiger partial charge in [-0.15, -0.1) is 0 Å². The van der Waals surface area contributed by atoms with Gasteiger partial charge < -0.3 is 19.7 Å². The number of hydrogen-bond acceptors (Lipinski definition) is 4. The predicted molar refractivity (Wildman–Crippen MR) is 85.0 cm³/mol. The Balaban J connectivity index is 1.42. The van der Waals surface area contributed by atoms with Gasteiger partial charge in [0.05, 0.1) is 18.2 Å². The SMILES string of the molecule is O=C(CCNc1ccc(F)c(Cl)c1)N1CCC2(CC1)OCCO2. The molecule has 0 bridgehead atoms. The Kier molecular flexibility index (Phi) is 5.04. The average Bonchev–Trinajstić information content (AvgIpc) is 2.99. The molecule has 0 aliphatic carbocycles. The van der Waals surface area contributed by atoms with Gasteiger partial charge in [-0.25, -0.2) is 4.39 Å². The molecule has 2 heterocycles. The van der Waals surface area contributed by atoms with E-state index in [2.05, 4.69) is 5.32 Å². The van der Waals surface area contributed by atoms with Crippen LogP contribution < -0.4 is 5.32 Å². The molecule has 23 heavy (non-hydrogen) atoms. The summed E-state index contributed by atoms with van der Waals surface area (Å²) in [6, 6.07) is 4.42. The summed E-state index contributed by atoms with van der Waals surface area (Å²) in [6.45, 7) is 3.06. The molecule has 126 valence electrons. The molecule has 2 fully saturated rings. The lowest BCUT2D eigenvalue weighted by Gasteiger charge is -2.37. The Bertz CT molecular complexity index is 568. The van der Waals surface area contributed by atoms with Gasteiger partial charge in [0.15, 0.2) is 5.79 Å². The zero-order valence-electron chi connectivity index (χ0n) is 12.8. The average molecular weight is 343 g/mol. The van der Waals surface area contributed by atoms with Crippen LogP contribution in [0.3, 0.4) is 0 Å². The van der Waals surface area contributed by atoms with Crippen molar-refractivity contribution in [1.29, 1.82) is 0 Å². The fraction of sp³-hybridized carbons (Fsp3) is 0.562. The molecule has 2 aliphatic heterocycles. The second kappa shape index (κ2) is 7.03. The largest absolute Gasteiger partial charge is 0.384 e. The third kappa shape index (κ3) is 3.94. The smallest absolute Gasteiger partial charge is 0.224 e. The molecule has 1 aromatic rings. The van der Waals surface area contributed by atoms with Crippen LogP contribution in [-0.4, -0.2) is 49.4 Å². The number of halogens is 2. The molecule has 7 heteroatoms. The standard InChI is InChI=1S/C16H20ClFN2O3/c17-13-11-12(1-2-14(13)18)19-6-3-15(21)20-7-4-16(5-8-20)22-9-10-23-16/h1-2,11,19H,3-10H2. The monoisotopic (exact) mass is 342 g/mol. The first-order valence-corrected chi connectivity index (χ1v) is 8.20. The summed E-state index contributed by atoms with van der Waals surface area (Å²) in [7, 11) is 0. The highest BCUT2D eigenvalue weighted by Crippen LogP contribution is 2.31. The van der Waals surface area contributed by atoms with E-state index in [0.717, 1.165) is 12.8 Å². The molecule has 0 saturated carbocycles. The Morgan fingerprint density at radius 2 is 2.00 bits per heavy atom. The Morgan fingerprint density at radius 3 is 2.65 bits per heavy atom. The van der Waals surface area contributed by atoms with E-state index in [1.807, 2.05) is 4.90 Å². The Hall–Kier alpha value is -1.37. The van der Waals surface area contributed by atoms with Crippen LogP contribution in [0.15, 0.2) is 18.2 Å². The van der Waals surface area contributed by atoms with E-state index in [9.17, 15) is 9.18 Å². The minimum atomic E-state index is -0.458. The van der Waals surface area contributed by atoms with Crippen molar-refractivity contribution in [2.75, 3.05) is 38.2 Å². The fourth-order valence-corrected chi connectivity index (χ4v) is 3.14. The van der Waals surface area contributed by atoms with Gasteiger partial charge in [-0.1, -0.05) is 11.6 Å². The second-order valence-electron chi connectivity index (χ2n) is 5.79. The molecule has 1 spiro atoms. The van der Waals surface area contributed by atoms with Gasteiger partial charge in [0.25, 0.3) is 0 Å². The highest BCUT2D eigenvalue weighted by molar-refractivity contribution is 6.31. The molecule has 2 saturated heterocycles. The summed E-state index contributed by atoms with van der Waals surface area (Å²) < 4.78 is 24.4. The minimum Gasteiger partial charge on any atom is -0.384 e. The molecule has 5 nitrogen and oxygen atoms in total. The molecule has 1 aromatic carbocycles. The van der Waals surface area contributed by atoms with Crippen molar-refractivity contribution in [3.63, 3.8) is 0 Å². The molecule has 2 aliphatic rings. The van der Waals surface area contributed by atoms with Crippen molar-refractivity contribution in [2.45, 2.75) is 25.0 Å². The number of carbonyl (C=O) groups is 1. The fourth-order valence-electron chi connectivity index (χ4n) is 2.96. The summed E-state index contributed by atoms with van der Waals surface area (Å²) >= 11 is 5.72. The number of carbonyl (C=O) groups excluding carboxylic acids is 1. The number of hydrogen-bond donors (Lipinski definition) is 1. The maximum atomic E-state index is 13.1. The van der Waals surface area contributed by atoms with E-state index < -0.39 is 11.6 Å². The van der Waals surface area contributed by atoms with Crippen LogP contribution in [0.25, 0.3) is 0 Å². The van der Waals surface area contributed by atoms with Gasteiger partial charge in [-0.05, 0) is 18.2 Å². The van der Waals surface area contributed by atoms with Crippen molar-refractivity contribution in [3.05, 3.63) is 29.0 Å². The van der Waals surface area contributed by atoms with Crippen molar-refractivity contribution < 1.29 is 18.7 Å². The topological polar surface area (TPSA) is 50.8 Å². The highest BCUT2D eigenvalue weighted by Gasteiger charge is 2.40. The molecule has 0 aromatic heterocycles. The second-order valence-corrected chi connectivity index (χ2v) is 6.20. The lowest BCUT2D eigenvalue weighted by molar-refractivity contribution is -0.187. The minimum absolute atomic E-state index is 0.0687. The van der Waals surface area contributed by atoms with Crippen LogP contribution in [0.5, 0.6) is 0 Å². The Labute approximate surface area is 139 Å². The summed E-state index contributed by atoms with van der Waals surface area (Å²) in [5, 5.41) is 3.15. The van der Waals surface area contributed by atoms with E-state index in [0.29, 0.717) is 45.0 Å². The van der Waals surface area contributed by atoms with E-state index in [1.165, 1.54) is 12.1 Å². The first kappa shape index (κ1) is 16.5. The number of piperidine rings is 1. The molecule has 0 atom stereocenters. The van der Waals surface area contributed by atoms with Crippen molar-refractivity contribution in [1.82, 2.24) is 4.90 Å². The van der Waals surface area contributed by atoms with E-state index in [4.69, 9.17) is 21.1 Å². The van der Waals surface area contributed by atoms with Crippen molar-refractivity contribution in [3.8, 4) is 0 Å². The molecule has 3 rings (SSSR count). The van der Waals surface area contributed by atoms with Crippen LogP contribution in [0.4, 0.5) is 10.1 Å². The van der Waals surface area contributed by atoms with Crippen LogP contribution >= 0.6 is 11.6 Å². The first-order chi connectivity index (χ1) is 11.1. The number of benzene rings is 1. The summed E-state index contributed by atoms with van der Waals surface area (Å²) in [6.07, 6.45) is 1.82. The third-order valence-corrected chi connectivity index (χ3v) is 4.57. The van der Waals surface area contributed by atoms with Crippen LogP contribution in [0, 0.1) is 5.82 Å². The van der Waals surface area contributed by atoms with Gasteiger partial charge in [0.2, 0.25) is 5.91 Å². The number of anilines is 1. The predicted octanol–water partition coefficient (Wildman–Crippen LogP) is 2.65. The van der Waals surface area contributed by atoms with Crippen LogP contribution in [0.2, 0.25) is 5.02 Å². The zero-order valence-corrected chi connectivity index (χ0v) is 13.6. The molecule has 0 unspecified atom stereocenters. The normalized spacial score (nSPS) is 20.0. The summed E-state index contributed by atoms with van der Waals surface area (Å²) in [4.78, 5) is 14.1. The van der Waals surface area contributed by atoms with Gasteiger partial charge in [-0.2, -0.15) is 0 Å². The molecular weight excluding hydrogens is 323 g/mol. The maximum Gasteiger partial charge on any atom is 0.224 e.